The predicted molar refractivity (Wildman–Crippen MR) is 87.3 cm³/mol. The molecule has 0 saturated carbocycles. The molecule has 2 rings (SSSR count). The van der Waals surface area contributed by atoms with Crippen LogP contribution in [0.25, 0.3) is 11.1 Å². The first-order valence-corrected chi connectivity index (χ1v) is 11.2. The van der Waals surface area contributed by atoms with Crippen LogP contribution in [0.1, 0.15) is 0 Å². The standard InChI is InChI=1S/C13H17BrClNO3Si/c1-20(2,3)7-6-18-8-16-11-10(15)5-4-9(14)12(11)19-13(16)17/h4-5H,6-8H2,1-3H3. The van der Waals surface area contributed by atoms with Gasteiger partial charge in [-0.3, -0.25) is 0 Å². The van der Waals surface area contributed by atoms with Crippen molar-refractivity contribution in [2.75, 3.05) is 6.61 Å². The number of oxazole rings is 1. The minimum atomic E-state index is -1.14. The molecule has 1 aromatic heterocycles. The third-order valence-electron chi connectivity index (χ3n) is 2.93. The molecule has 20 heavy (non-hydrogen) atoms. The minimum absolute atomic E-state index is 0.159. The minimum Gasteiger partial charge on any atom is -0.406 e. The quantitative estimate of drug-likeness (QED) is 0.575. The van der Waals surface area contributed by atoms with Crippen LogP contribution in [0.3, 0.4) is 0 Å². The summed E-state index contributed by atoms with van der Waals surface area (Å²) in [5.74, 6) is -0.457. The molecule has 0 atom stereocenters. The number of hydrogen-bond acceptors (Lipinski definition) is 3. The summed E-state index contributed by atoms with van der Waals surface area (Å²) in [4.78, 5) is 11.9. The Labute approximate surface area is 131 Å². The van der Waals surface area contributed by atoms with Gasteiger partial charge < -0.3 is 9.15 Å². The molecule has 0 bridgehead atoms. The molecule has 1 aromatic carbocycles. The van der Waals surface area contributed by atoms with Crippen molar-refractivity contribution in [3.8, 4) is 0 Å². The molecule has 0 spiro atoms. The molecule has 7 heteroatoms. The number of benzene rings is 1. The number of aromatic nitrogens is 1. The van der Waals surface area contributed by atoms with Crippen LogP contribution in [-0.4, -0.2) is 19.2 Å². The average molecular weight is 379 g/mol. The van der Waals surface area contributed by atoms with Crippen LogP contribution >= 0.6 is 27.5 Å². The third kappa shape index (κ3) is 3.55. The normalized spacial score (nSPS) is 12.2. The fourth-order valence-electron chi connectivity index (χ4n) is 1.76. The summed E-state index contributed by atoms with van der Waals surface area (Å²) in [6.45, 7) is 7.64. The van der Waals surface area contributed by atoms with E-state index in [1.807, 2.05) is 0 Å². The second kappa shape index (κ2) is 6.05. The first kappa shape index (κ1) is 15.8. The molecule has 0 saturated heterocycles. The second-order valence-electron chi connectivity index (χ2n) is 5.85. The lowest BCUT2D eigenvalue weighted by Gasteiger charge is -2.15. The molecule has 0 fully saturated rings. The third-order valence-corrected chi connectivity index (χ3v) is 5.56. The van der Waals surface area contributed by atoms with Gasteiger partial charge in [0.25, 0.3) is 0 Å². The molecule has 0 aliphatic carbocycles. The van der Waals surface area contributed by atoms with Crippen LogP contribution < -0.4 is 5.76 Å². The van der Waals surface area contributed by atoms with Gasteiger partial charge in [0.15, 0.2) is 5.58 Å². The van der Waals surface area contributed by atoms with Crippen molar-refractivity contribution < 1.29 is 9.15 Å². The highest BCUT2D eigenvalue weighted by Gasteiger charge is 2.16. The Morgan fingerprint density at radius 2 is 2.10 bits per heavy atom. The van der Waals surface area contributed by atoms with E-state index >= 15 is 0 Å². The van der Waals surface area contributed by atoms with Crippen molar-refractivity contribution >= 4 is 46.7 Å². The monoisotopic (exact) mass is 377 g/mol. The lowest BCUT2D eigenvalue weighted by atomic mass is 10.3. The van der Waals surface area contributed by atoms with Gasteiger partial charge in [-0.25, -0.2) is 9.36 Å². The number of fused-ring (bicyclic) bond motifs is 1. The van der Waals surface area contributed by atoms with Gasteiger partial charge in [0, 0.05) is 14.7 Å². The molecular formula is C13H17BrClNO3Si. The van der Waals surface area contributed by atoms with Crippen molar-refractivity contribution in [1.82, 2.24) is 4.57 Å². The van der Waals surface area contributed by atoms with Gasteiger partial charge in [-0.1, -0.05) is 31.2 Å². The Balaban J connectivity index is 2.20. The van der Waals surface area contributed by atoms with Gasteiger partial charge in [0.1, 0.15) is 12.2 Å². The highest BCUT2D eigenvalue weighted by molar-refractivity contribution is 9.10. The van der Waals surface area contributed by atoms with E-state index in [2.05, 4.69) is 35.6 Å². The van der Waals surface area contributed by atoms with E-state index < -0.39 is 13.8 Å². The second-order valence-corrected chi connectivity index (χ2v) is 12.7. The first-order chi connectivity index (χ1) is 9.29. The zero-order valence-electron chi connectivity index (χ0n) is 11.7. The maximum absolute atomic E-state index is 11.9. The van der Waals surface area contributed by atoms with E-state index in [0.29, 0.717) is 27.2 Å². The van der Waals surface area contributed by atoms with Crippen LogP contribution in [0.15, 0.2) is 25.8 Å². The highest BCUT2D eigenvalue weighted by Crippen LogP contribution is 2.29. The fourth-order valence-corrected chi connectivity index (χ4v) is 3.16. The van der Waals surface area contributed by atoms with Gasteiger partial charge >= 0.3 is 5.76 Å². The van der Waals surface area contributed by atoms with Gasteiger partial charge in [-0.2, -0.15) is 0 Å². The van der Waals surface area contributed by atoms with Crippen LogP contribution in [0.5, 0.6) is 0 Å². The maximum atomic E-state index is 11.9. The molecular weight excluding hydrogens is 362 g/mol. The fraction of sp³-hybridized carbons (Fsp3) is 0.462. The van der Waals surface area contributed by atoms with Crippen LogP contribution in [0, 0.1) is 0 Å². The zero-order chi connectivity index (χ0) is 14.9. The largest absolute Gasteiger partial charge is 0.421 e. The topological polar surface area (TPSA) is 44.4 Å². The first-order valence-electron chi connectivity index (χ1n) is 6.35. The van der Waals surface area contributed by atoms with E-state index in [0.717, 1.165) is 6.04 Å². The highest BCUT2D eigenvalue weighted by atomic mass is 79.9. The Hall–Kier alpha value is -0.563. The van der Waals surface area contributed by atoms with Crippen molar-refractivity contribution in [2.45, 2.75) is 32.4 Å². The summed E-state index contributed by atoms with van der Waals surface area (Å²) in [6, 6.07) is 4.53. The van der Waals surface area contributed by atoms with Gasteiger partial charge in [-0.05, 0) is 34.1 Å². The van der Waals surface area contributed by atoms with Crippen molar-refractivity contribution in [1.29, 1.82) is 0 Å². The summed E-state index contributed by atoms with van der Waals surface area (Å²) in [7, 11) is -1.14. The van der Waals surface area contributed by atoms with E-state index in [1.165, 1.54) is 4.57 Å². The molecule has 0 aliphatic heterocycles. The molecule has 0 unspecified atom stereocenters. The molecule has 1 heterocycles. The Bertz CT molecular complexity index is 675. The van der Waals surface area contributed by atoms with Gasteiger partial charge in [0.2, 0.25) is 0 Å². The summed E-state index contributed by atoms with van der Waals surface area (Å²) in [5.41, 5.74) is 1.02. The molecule has 0 N–H and O–H groups in total. The molecule has 4 nitrogen and oxygen atoms in total. The SMILES string of the molecule is C[Si](C)(C)CCOCn1c(=O)oc2c(Br)ccc(Cl)c21. The van der Waals surface area contributed by atoms with Crippen LogP contribution in [-0.2, 0) is 11.5 Å². The number of hydrogen-bond donors (Lipinski definition) is 0. The molecule has 0 amide bonds. The molecule has 0 radical (unpaired) electrons. The van der Waals surface area contributed by atoms with Gasteiger partial charge in [0.05, 0.1) is 9.50 Å². The summed E-state index contributed by atoms with van der Waals surface area (Å²) in [5, 5.41) is 0.475. The summed E-state index contributed by atoms with van der Waals surface area (Å²) in [6.07, 6.45) is 0. The van der Waals surface area contributed by atoms with Crippen LogP contribution in [0.4, 0.5) is 0 Å². The van der Waals surface area contributed by atoms with Crippen LogP contribution in [0.2, 0.25) is 30.7 Å². The van der Waals surface area contributed by atoms with Gasteiger partial charge in [-0.15, -0.1) is 0 Å². The molecule has 0 aliphatic rings. The van der Waals surface area contributed by atoms with E-state index in [9.17, 15) is 4.79 Å². The number of nitrogens with zero attached hydrogens (tertiary/aromatic N) is 1. The number of ether oxygens (including phenoxy) is 1. The van der Waals surface area contributed by atoms with Crippen molar-refractivity contribution in [2.24, 2.45) is 0 Å². The lowest BCUT2D eigenvalue weighted by molar-refractivity contribution is 0.0850. The van der Waals surface area contributed by atoms with E-state index in [-0.39, 0.29) is 6.73 Å². The molecule has 110 valence electrons. The maximum Gasteiger partial charge on any atom is 0.421 e. The Morgan fingerprint density at radius 3 is 2.75 bits per heavy atom. The zero-order valence-corrected chi connectivity index (χ0v) is 15.0. The smallest absolute Gasteiger partial charge is 0.406 e. The predicted octanol–water partition coefficient (Wildman–Crippen LogP) is 4.32. The molecule has 2 aromatic rings. The lowest BCUT2D eigenvalue weighted by Crippen LogP contribution is -2.23. The van der Waals surface area contributed by atoms with E-state index in [4.69, 9.17) is 20.8 Å². The van der Waals surface area contributed by atoms with Crippen molar-refractivity contribution in [3.63, 3.8) is 0 Å². The van der Waals surface area contributed by atoms with E-state index in [1.54, 1.807) is 12.1 Å². The summed E-state index contributed by atoms with van der Waals surface area (Å²) >= 11 is 9.49. The number of rotatable bonds is 5. The Kier molecular flexibility index (Phi) is 4.79. The number of halogens is 2. The van der Waals surface area contributed by atoms with Crippen molar-refractivity contribution in [3.05, 3.63) is 32.2 Å². The summed E-state index contributed by atoms with van der Waals surface area (Å²) < 4.78 is 12.9. The average Bonchev–Trinajstić information content (AvgIpc) is 2.67. The Morgan fingerprint density at radius 1 is 1.40 bits per heavy atom.